The number of carbonyl (C=O) groups excluding carboxylic acids is 2. The Morgan fingerprint density at radius 2 is 1.68 bits per heavy atom. The number of anilines is 2. The number of hydrogen-bond donors (Lipinski definition) is 2. The predicted octanol–water partition coefficient (Wildman–Crippen LogP) is 2.38. The van der Waals surface area contributed by atoms with E-state index in [-0.39, 0.29) is 11.8 Å². The van der Waals surface area contributed by atoms with E-state index in [9.17, 15) is 9.59 Å². The predicted molar refractivity (Wildman–Crippen MR) is 83.5 cm³/mol. The van der Waals surface area contributed by atoms with Gasteiger partial charge in [-0.1, -0.05) is 30.3 Å². The molecule has 1 unspecified atom stereocenters. The molecular formula is C17H15N3O2. The summed E-state index contributed by atoms with van der Waals surface area (Å²) in [4.78, 5) is 27.2. The Morgan fingerprint density at radius 3 is 2.45 bits per heavy atom. The molecule has 0 aliphatic carbocycles. The maximum absolute atomic E-state index is 12.9. The van der Waals surface area contributed by atoms with Crippen molar-refractivity contribution in [1.29, 1.82) is 0 Å². The quantitative estimate of drug-likeness (QED) is 0.848. The summed E-state index contributed by atoms with van der Waals surface area (Å²) in [5.41, 5.74) is 1.63. The molecule has 0 saturated carbocycles. The van der Waals surface area contributed by atoms with Crippen LogP contribution in [0.25, 0.3) is 0 Å². The van der Waals surface area contributed by atoms with E-state index in [0.29, 0.717) is 17.8 Å². The summed E-state index contributed by atoms with van der Waals surface area (Å²) in [7, 11) is 0. The lowest BCUT2D eigenvalue weighted by atomic mass is 9.93. The summed E-state index contributed by atoms with van der Waals surface area (Å²) >= 11 is 0. The van der Waals surface area contributed by atoms with E-state index in [2.05, 4.69) is 10.6 Å². The molecule has 22 heavy (non-hydrogen) atoms. The van der Waals surface area contributed by atoms with E-state index in [1.165, 1.54) is 0 Å². The number of benzene rings is 2. The molecule has 0 bridgehead atoms. The molecule has 2 aromatic carbocycles. The summed E-state index contributed by atoms with van der Waals surface area (Å²) in [6, 6.07) is 14.8. The lowest BCUT2D eigenvalue weighted by Gasteiger charge is -2.44. The first-order chi connectivity index (χ1) is 10.7. The van der Waals surface area contributed by atoms with Crippen LogP contribution in [0.2, 0.25) is 0 Å². The molecule has 2 aliphatic heterocycles. The van der Waals surface area contributed by atoms with Crippen molar-refractivity contribution in [1.82, 2.24) is 4.90 Å². The van der Waals surface area contributed by atoms with E-state index < -0.39 is 5.66 Å². The molecule has 5 nitrogen and oxygen atoms in total. The van der Waals surface area contributed by atoms with Crippen LogP contribution in [0.3, 0.4) is 0 Å². The van der Waals surface area contributed by atoms with Gasteiger partial charge in [0.15, 0.2) is 0 Å². The molecule has 0 radical (unpaired) electrons. The number of hydrogen-bond acceptors (Lipinski definition) is 3. The van der Waals surface area contributed by atoms with Crippen LogP contribution in [0, 0.1) is 0 Å². The number of likely N-dealkylation sites (N-methyl/N-ethyl adjacent to an activating group) is 1. The van der Waals surface area contributed by atoms with Crippen LogP contribution < -0.4 is 10.6 Å². The SMILES string of the molecule is CCN1C(=O)c2ccccc2NC12C(=O)Nc1ccccc12. The maximum atomic E-state index is 12.9. The molecule has 0 aromatic heterocycles. The van der Waals surface area contributed by atoms with Gasteiger partial charge >= 0.3 is 0 Å². The van der Waals surface area contributed by atoms with Gasteiger partial charge in [0.2, 0.25) is 5.66 Å². The number of fused-ring (bicyclic) bond motifs is 3. The minimum absolute atomic E-state index is 0.135. The Bertz CT molecular complexity index is 802. The maximum Gasteiger partial charge on any atom is 0.276 e. The van der Waals surface area contributed by atoms with Crippen LogP contribution in [0.1, 0.15) is 22.8 Å². The van der Waals surface area contributed by atoms with Crippen molar-refractivity contribution in [3.63, 3.8) is 0 Å². The van der Waals surface area contributed by atoms with Crippen molar-refractivity contribution >= 4 is 23.2 Å². The van der Waals surface area contributed by atoms with Gasteiger partial charge in [-0.2, -0.15) is 0 Å². The highest BCUT2D eigenvalue weighted by atomic mass is 16.2. The lowest BCUT2D eigenvalue weighted by molar-refractivity contribution is -0.125. The minimum atomic E-state index is -1.17. The average molecular weight is 293 g/mol. The molecule has 2 heterocycles. The monoisotopic (exact) mass is 293 g/mol. The first kappa shape index (κ1) is 12.9. The molecule has 110 valence electrons. The molecule has 2 aromatic rings. The second-order valence-electron chi connectivity index (χ2n) is 5.43. The fourth-order valence-corrected chi connectivity index (χ4v) is 3.35. The Morgan fingerprint density at radius 1 is 1.00 bits per heavy atom. The number of carbonyl (C=O) groups is 2. The zero-order chi connectivity index (χ0) is 15.3. The fraction of sp³-hybridized carbons (Fsp3) is 0.176. The summed E-state index contributed by atoms with van der Waals surface area (Å²) in [6.45, 7) is 2.31. The Labute approximate surface area is 127 Å². The molecule has 4 rings (SSSR count). The number of amides is 2. The first-order valence-electron chi connectivity index (χ1n) is 7.28. The Kier molecular flexibility index (Phi) is 2.54. The van der Waals surface area contributed by atoms with Crippen molar-refractivity contribution in [2.45, 2.75) is 12.6 Å². The van der Waals surface area contributed by atoms with Crippen LogP contribution in [0.5, 0.6) is 0 Å². The van der Waals surface area contributed by atoms with Gasteiger partial charge in [0, 0.05) is 23.5 Å². The minimum Gasteiger partial charge on any atom is -0.350 e. The van der Waals surface area contributed by atoms with Gasteiger partial charge in [-0.3, -0.25) is 9.59 Å². The fourth-order valence-electron chi connectivity index (χ4n) is 3.35. The number of nitrogens with zero attached hydrogens (tertiary/aromatic N) is 1. The molecule has 0 fully saturated rings. The van der Waals surface area contributed by atoms with Crippen LogP contribution in [-0.2, 0) is 10.5 Å². The van der Waals surface area contributed by atoms with Crippen molar-refractivity contribution in [2.75, 3.05) is 17.2 Å². The molecule has 0 saturated heterocycles. The van der Waals surface area contributed by atoms with Crippen LogP contribution in [0.15, 0.2) is 48.5 Å². The molecule has 2 amide bonds. The molecule has 1 atom stereocenters. The molecule has 1 spiro atoms. The van der Waals surface area contributed by atoms with Gasteiger partial charge in [0.25, 0.3) is 11.8 Å². The average Bonchev–Trinajstić information content (AvgIpc) is 2.81. The van der Waals surface area contributed by atoms with Crippen LogP contribution in [-0.4, -0.2) is 23.3 Å². The van der Waals surface area contributed by atoms with Gasteiger partial charge in [-0.05, 0) is 25.1 Å². The summed E-state index contributed by atoms with van der Waals surface area (Å²) in [5.74, 6) is -0.359. The van der Waals surface area contributed by atoms with E-state index in [4.69, 9.17) is 0 Å². The summed E-state index contributed by atoms with van der Waals surface area (Å²) in [5, 5.41) is 6.18. The lowest BCUT2D eigenvalue weighted by Crippen LogP contribution is -2.61. The van der Waals surface area contributed by atoms with E-state index >= 15 is 0 Å². The van der Waals surface area contributed by atoms with Gasteiger partial charge < -0.3 is 15.5 Å². The second-order valence-corrected chi connectivity index (χ2v) is 5.43. The molecule has 5 heteroatoms. The highest BCUT2D eigenvalue weighted by molar-refractivity contribution is 6.14. The van der Waals surface area contributed by atoms with E-state index in [1.54, 1.807) is 11.0 Å². The number of rotatable bonds is 1. The zero-order valence-corrected chi connectivity index (χ0v) is 12.1. The standard InChI is InChI=1S/C17H15N3O2/c1-2-20-15(21)11-7-3-5-9-13(11)19-17(20)12-8-4-6-10-14(12)18-16(17)22/h3-10,19H,2H2,1H3,(H,18,22). The van der Waals surface area contributed by atoms with Crippen molar-refractivity contribution in [3.05, 3.63) is 59.7 Å². The summed E-state index contributed by atoms with van der Waals surface area (Å²) in [6.07, 6.45) is 0. The normalized spacial score (nSPS) is 22.1. The van der Waals surface area contributed by atoms with Gasteiger partial charge in [-0.15, -0.1) is 0 Å². The highest BCUT2D eigenvalue weighted by Crippen LogP contribution is 2.44. The third-order valence-corrected chi connectivity index (χ3v) is 4.33. The van der Waals surface area contributed by atoms with Gasteiger partial charge in [0.05, 0.1) is 5.56 Å². The Hall–Kier alpha value is -2.82. The van der Waals surface area contributed by atoms with E-state index in [1.807, 2.05) is 49.4 Å². The van der Waals surface area contributed by atoms with Crippen molar-refractivity contribution in [3.8, 4) is 0 Å². The van der Waals surface area contributed by atoms with Gasteiger partial charge in [0.1, 0.15) is 0 Å². The van der Waals surface area contributed by atoms with E-state index in [0.717, 1.165) is 11.3 Å². The third kappa shape index (κ3) is 1.43. The van der Waals surface area contributed by atoms with Crippen LogP contribution >= 0.6 is 0 Å². The number of nitrogens with one attached hydrogen (secondary N) is 2. The first-order valence-corrected chi connectivity index (χ1v) is 7.28. The molecular weight excluding hydrogens is 278 g/mol. The number of para-hydroxylation sites is 2. The largest absolute Gasteiger partial charge is 0.350 e. The smallest absolute Gasteiger partial charge is 0.276 e. The third-order valence-electron chi connectivity index (χ3n) is 4.33. The van der Waals surface area contributed by atoms with Crippen molar-refractivity contribution in [2.24, 2.45) is 0 Å². The highest BCUT2D eigenvalue weighted by Gasteiger charge is 2.55. The second kappa shape index (κ2) is 4.34. The molecule has 2 N–H and O–H groups in total. The van der Waals surface area contributed by atoms with Gasteiger partial charge in [-0.25, -0.2) is 0 Å². The van der Waals surface area contributed by atoms with Crippen LogP contribution in [0.4, 0.5) is 11.4 Å². The molecule has 2 aliphatic rings. The Balaban J connectivity index is 1.99. The van der Waals surface area contributed by atoms with Crippen molar-refractivity contribution < 1.29 is 9.59 Å². The zero-order valence-electron chi connectivity index (χ0n) is 12.1. The topological polar surface area (TPSA) is 61.4 Å². The summed E-state index contributed by atoms with van der Waals surface area (Å²) < 4.78 is 0.